The fraction of sp³-hybridized carbons (Fsp3) is 0.143. The van der Waals surface area contributed by atoms with Crippen LogP contribution in [0.4, 0.5) is 4.39 Å². The van der Waals surface area contributed by atoms with Gasteiger partial charge in [-0.3, -0.25) is 0 Å². The maximum absolute atomic E-state index is 13.5. The highest BCUT2D eigenvalue weighted by Crippen LogP contribution is 2.16. The van der Waals surface area contributed by atoms with Crippen molar-refractivity contribution in [3.8, 4) is 5.75 Å². The zero-order valence-electron chi connectivity index (χ0n) is 10.5. The zero-order valence-corrected chi connectivity index (χ0v) is 10.5. The fourth-order valence-electron chi connectivity index (χ4n) is 1.64. The molecule has 19 heavy (non-hydrogen) atoms. The molecule has 0 saturated carbocycles. The topological polar surface area (TPSA) is 49.7 Å². The molecule has 5 heteroatoms. The lowest BCUT2D eigenvalue weighted by molar-refractivity contribution is 0.290. The predicted molar refractivity (Wildman–Crippen MR) is 71.7 cm³/mol. The van der Waals surface area contributed by atoms with Gasteiger partial charge < -0.3 is 14.8 Å². The van der Waals surface area contributed by atoms with Crippen LogP contribution in [-0.2, 0) is 6.61 Å². The van der Waals surface area contributed by atoms with E-state index in [1.807, 2.05) is 31.2 Å². The van der Waals surface area contributed by atoms with Crippen LogP contribution in [-0.4, -0.2) is 17.2 Å². The fourth-order valence-corrected chi connectivity index (χ4v) is 1.64. The second-order valence-electron chi connectivity index (χ2n) is 4.34. The number of halogens is 1. The molecule has 0 atom stereocenters. The minimum absolute atomic E-state index is 0.00572. The van der Waals surface area contributed by atoms with E-state index in [2.05, 4.69) is 0 Å². The maximum Gasteiger partial charge on any atom is 0.488 e. The third-order valence-electron chi connectivity index (χ3n) is 2.77. The Labute approximate surface area is 111 Å². The highest BCUT2D eigenvalue weighted by Gasteiger charge is 2.14. The summed E-state index contributed by atoms with van der Waals surface area (Å²) in [4.78, 5) is 0. The molecular weight excluding hydrogens is 246 g/mol. The maximum atomic E-state index is 13.5. The largest absolute Gasteiger partial charge is 0.488 e. The average molecular weight is 260 g/mol. The van der Waals surface area contributed by atoms with E-state index in [1.165, 1.54) is 12.1 Å². The normalized spacial score (nSPS) is 10.3. The Kier molecular flexibility index (Phi) is 4.19. The molecular formula is C14H14BFO3. The first-order chi connectivity index (χ1) is 9.06. The van der Waals surface area contributed by atoms with Crippen molar-refractivity contribution in [2.75, 3.05) is 0 Å². The van der Waals surface area contributed by atoms with E-state index in [9.17, 15) is 4.39 Å². The minimum atomic E-state index is -1.64. The Morgan fingerprint density at radius 3 is 2.42 bits per heavy atom. The van der Waals surface area contributed by atoms with Crippen molar-refractivity contribution < 1.29 is 19.2 Å². The molecule has 0 aliphatic rings. The van der Waals surface area contributed by atoms with E-state index in [0.29, 0.717) is 0 Å². The van der Waals surface area contributed by atoms with E-state index in [1.54, 1.807) is 0 Å². The molecule has 0 amide bonds. The van der Waals surface area contributed by atoms with E-state index >= 15 is 0 Å². The van der Waals surface area contributed by atoms with Gasteiger partial charge in [0.15, 0.2) is 11.6 Å². The molecule has 2 N–H and O–H groups in total. The lowest BCUT2D eigenvalue weighted by atomic mass is 9.80. The highest BCUT2D eigenvalue weighted by atomic mass is 19.1. The predicted octanol–water partition coefficient (Wildman–Crippen LogP) is 1.39. The van der Waals surface area contributed by atoms with Gasteiger partial charge in [-0.25, -0.2) is 4.39 Å². The first-order valence-corrected chi connectivity index (χ1v) is 5.90. The quantitative estimate of drug-likeness (QED) is 0.817. The summed E-state index contributed by atoms with van der Waals surface area (Å²) >= 11 is 0. The molecule has 2 aromatic carbocycles. The Hall–Kier alpha value is -1.85. The van der Waals surface area contributed by atoms with Crippen molar-refractivity contribution in [3.05, 3.63) is 59.4 Å². The van der Waals surface area contributed by atoms with Gasteiger partial charge in [0, 0.05) is 0 Å². The first-order valence-electron chi connectivity index (χ1n) is 5.90. The summed E-state index contributed by atoms with van der Waals surface area (Å²) in [6.07, 6.45) is 0. The molecule has 0 aliphatic carbocycles. The van der Waals surface area contributed by atoms with Crippen LogP contribution in [0.5, 0.6) is 5.75 Å². The van der Waals surface area contributed by atoms with Gasteiger partial charge >= 0.3 is 7.12 Å². The minimum Gasteiger partial charge on any atom is -0.486 e. The summed E-state index contributed by atoms with van der Waals surface area (Å²) in [6, 6.07) is 11.4. The van der Waals surface area contributed by atoms with Gasteiger partial charge in [0.1, 0.15) is 6.61 Å². The standard InChI is InChI=1S/C14H14BFO3/c1-10-2-4-11(5-3-10)9-19-14-8-12(15(17)18)6-7-13(14)16/h2-8,17-18H,9H2,1H3. The van der Waals surface area contributed by atoms with Gasteiger partial charge in [-0.1, -0.05) is 35.9 Å². The van der Waals surface area contributed by atoms with Crippen molar-refractivity contribution in [3.63, 3.8) is 0 Å². The van der Waals surface area contributed by atoms with Crippen LogP contribution >= 0.6 is 0 Å². The van der Waals surface area contributed by atoms with Crippen LogP contribution in [0.25, 0.3) is 0 Å². The first kappa shape index (κ1) is 13.6. The van der Waals surface area contributed by atoms with Crippen LogP contribution in [0.15, 0.2) is 42.5 Å². The number of hydrogen-bond donors (Lipinski definition) is 2. The van der Waals surface area contributed by atoms with Gasteiger partial charge in [-0.2, -0.15) is 0 Å². The van der Waals surface area contributed by atoms with Crippen molar-refractivity contribution in [2.45, 2.75) is 13.5 Å². The molecule has 0 aromatic heterocycles. The summed E-state index contributed by atoms with van der Waals surface area (Å²) in [5, 5.41) is 18.1. The van der Waals surface area contributed by atoms with Crippen LogP contribution in [0.2, 0.25) is 0 Å². The molecule has 0 radical (unpaired) electrons. The second kappa shape index (κ2) is 5.86. The van der Waals surface area contributed by atoms with Gasteiger partial charge in [-0.05, 0) is 30.1 Å². The Bertz CT molecular complexity index is 555. The van der Waals surface area contributed by atoms with Crippen LogP contribution < -0.4 is 10.2 Å². The lowest BCUT2D eigenvalue weighted by Crippen LogP contribution is -2.29. The molecule has 3 nitrogen and oxygen atoms in total. The molecule has 98 valence electrons. The van der Waals surface area contributed by atoms with E-state index in [4.69, 9.17) is 14.8 Å². The van der Waals surface area contributed by atoms with Crippen molar-refractivity contribution >= 4 is 12.6 Å². The molecule has 0 spiro atoms. The number of hydrogen-bond acceptors (Lipinski definition) is 3. The van der Waals surface area contributed by atoms with E-state index in [-0.39, 0.29) is 17.8 Å². The smallest absolute Gasteiger partial charge is 0.486 e. The summed E-state index contributed by atoms with van der Waals surface area (Å²) in [5.41, 5.74) is 2.25. The zero-order chi connectivity index (χ0) is 13.8. The van der Waals surface area contributed by atoms with Gasteiger partial charge in [0.2, 0.25) is 0 Å². The summed E-state index contributed by atoms with van der Waals surface area (Å²) in [5.74, 6) is -0.525. The number of rotatable bonds is 4. The molecule has 2 rings (SSSR count). The Balaban J connectivity index is 2.10. The Morgan fingerprint density at radius 1 is 1.11 bits per heavy atom. The molecule has 0 unspecified atom stereocenters. The lowest BCUT2D eigenvalue weighted by Gasteiger charge is -2.09. The van der Waals surface area contributed by atoms with Crippen molar-refractivity contribution in [1.82, 2.24) is 0 Å². The highest BCUT2D eigenvalue weighted by molar-refractivity contribution is 6.58. The van der Waals surface area contributed by atoms with Gasteiger partial charge in [0.25, 0.3) is 0 Å². The number of benzene rings is 2. The SMILES string of the molecule is Cc1ccc(COc2cc(B(O)O)ccc2F)cc1. The summed E-state index contributed by atoms with van der Waals surface area (Å²) < 4.78 is 18.9. The second-order valence-corrected chi connectivity index (χ2v) is 4.34. The third kappa shape index (κ3) is 3.56. The average Bonchev–Trinajstić information content (AvgIpc) is 2.39. The molecule has 0 bridgehead atoms. The molecule has 0 fully saturated rings. The molecule has 0 saturated heterocycles. The van der Waals surface area contributed by atoms with Crippen LogP contribution in [0.3, 0.4) is 0 Å². The third-order valence-corrected chi connectivity index (χ3v) is 2.77. The van der Waals surface area contributed by atoms with Crippen molar-refractivity contribution in [1.29, 1.82) is 0 Å². The summed E-state index contributed by atoms with van der Waals surface area (Å²) in [7, 11) is -1.64. The molecule has 0 heterocycles. The Morgan fingerprint density at radius 2 is 1.79 bits per heavy atom. The number of ether oxygens (including phenoxy) is 1. The van der Waals surface area contributed by atoms with Gasteiger partial charge in [-0.15, -0.1) is 0 Å². The number of aryl methyl sites for hydroxylation is 1. The monoisotopic (exact) mass is 260 g/mol. The summed E-state index contributed by atoms with van der Waals surface area (Å²) in [6.45, 7) is 2.21. The van der Waals surface area contributed by atoms with E-state index in [0.717, 1.165) is 17.2 Å². The van der Waals surface area contributed by atoms with Crippen molar-refractivity contribution in [2.24, 2.45) is 0 Å². The van der Waals surface area contributed by atoms with Crippen LogP contribution in [0.1, 0.15) is 11.1 Å². The molecule has 2 aromatic rings. The van der Waals surface area contributed by atoms with Gasteiger partial charge in [0.05, 0.1) is 0 Å². The molecule has 0 aliphatic heterocycles. The van der Waals surface area contributed by atoms with E-state index < -0.39 is 12.9 Å². The van der Waals surface area contributed by atoms with Crippen LogP contribution in [0, 0.1) is 12.7 Å².